The molecule has 3 aromatic heterocycles. The van der Waals surface area contributed by atoms with Gasteiger partial charge >= 0.3 is 0 Å². The molecule has 1 aliphatic rings. The molecule has 1 aromatic carbocycles. The molecule has 1 saturated heterocycles. The maximum atomic E-state index is 13.4. The molecule has 0 bridgehead atoms. The van der Waals surface area contributed by atoms with Crippen molar-refractivity contribution in [3.05, 3.63) is 101 Å². The maximum Gasteiger partial charge on any atom is 0.295 e. The van der Waals surface area contributed by atoms with Crippen molar-refractivity contribution in [3.8, 4) is 5.75 Å². The number of aliphatic hydroxyl groups is 1. The van der Waals surface area contributed by atoms with Gasteiger partial charge < -0.3 is 19.1 Å². The fourth-order valence-corrected chi connectivity index (χ4v) is 4.67. The first-order valence-electron chi connectivity index (χ1n) is 11.8. The van der Waals surface area contributed by atoms with Gasteiger partial charge in [-0.05, 0) is 61.7 Å². The van der Waals surface area contributed by atoms with Crippen LogP contribution in [0, 0.1) is 13.8 Å². The van der Waals surface area contributed by atoms with Crippen molar-refractivity contribution in [1.29, 1.82) is 0 Å². The topological polar surface area (TPSA) is 97.0 Å². The van der Waals surface area contributed by atoms with Crippen LogP contribution >= 0.6 is 0 Å². The van der Waals surface area contributed by atoms with Gasteiger partial charge in [-0.3, -0.25) is 14.6 Å². The zero-order valence-electron chi connectivity index (χ0n) is 20.3. The van der Waals surface area contributed by atoms with E-state index in [9.17, 15) is 14.7 Å². The van der Waals surface area contributed by atoms with Crippen LogP contribution in [-0.4, -0.2) is 42.7 Å². The molecule has 4 heterocycles. The molecule has 1 fully saturated rings. The molecular weight excluding hydrogens is 456 g/mol. The van der Waals surface area contributed by atoms with E-state index in [0.29, 0.717) is 29.3 Å². The number of benzene rings is 1. The van der Waals surface area contributed by atoms with Gasteiger partial charge in [-0.2, -0.15) is 0 Å². The number of hydrogen-bond donors (Lipinski definition) is 1. The fraction of sp³-hybridized carbons (Fsp3) is 0.214. The van der Waals surface area contributed by atoms with E-state index in [4.69, 9.17) is 4.74 Å². The first-order chi connectivity index (χ1) is 17.4. The molecule has 36 heavy (non-hydrogen) atoms. The highest BCUT2D eigenvalue weighted by atomic mass is 16.5. The molecule has 0 spiro atoms. The number of amides is 1. The van der Waals surface area contributed by atoms with Gasteiger partial charge in [0.05, 0.1) is 23.9 Å². The summed E-state index contributed by atoms with van der Waals surface area (Å²) in [5.41, 5.74) is 4.03. The lowest BCUT2D eigenvalue weighted by Gasteiger charge is -2.25. The summed E-state index contributed by atoms with van der Waals surface area (Å²) in [7, 11) is 0. The number of imidazole rings is 1. The number of carbonyl (C=O) groups excluding carboxylic acids is 2. The predicted molar refractivity (Wildman–Crippen MR) is 134 cm³/mol. The molecule has 0 aliphatic carbocycles. The van der Waals surface area contributed by atoms with E-state index < -0.39 is 17.7 Å². The van der Waals surface area contributed by atoms with Crippen molar-refractivity contribution in [1.82, 2.24) is 19.3 Å². The van der Waals surface area contributed by atoms with Gasteiger partial charge in [-0.25, -0.2) is 4.98 Å². The summed E-state index contributed by atoms with van der Waals surface area (Å²) >= 11 is 0. The molecule has 182 valence electrons. The van der Waals surface area contributed by atoms with Crippen LogP contribution in [0.25, 0.3) is 11.4 Å². The number of aryl methyl sites for hydroxylation is 2. The fourth-order valence-electron chi connectivity index (χ4n) is 4.67. The number of carbonyl (C=O) groups is 2. The number of nitrogens with zero attached hydrogens (tertiary/aromatic N) is 4. The molecule has 4 aromatic rings. The number of Topliss-reactive ketones (excluding diaryl/α,β-unsaturated/α-hetero) is 1. The summed E-state index contributed by atoms with van der Waals surface area (Å²) in [5, 5.41) is 11.5. The number of pyridine rings is 2. The highest BCUT2D eigenvalue weighted by molar-refractivity contribution is 6.46. The molecule has 1 aliphatic heterocycles. The number of rotatable bonds is 6. The Hall–Kier alpha value is -4.46. The third kappa shape index (κ3) is 3.90. The van der Waals surface area contributed by atoms with Crippen molar-refractivity contribution in [3.63, 3.8) is 0 Å². The van der Waals surface area contributed by atoms with E-state index in [1.165, 1.54) is 4.90 Å². The smallest absolute Gasteiger partial charge is 0.295 e. The second kappa shape index (κ2) is 9.30. The van der Waals surface area contributed by atoms with Crippen molar-refractivity contribution < 1.29 is 19.4 Å². The molecule has 8 heteroatoms. The highest BCUT2D eigenvalue weighted by Gasteiger charge is 2.46. The lowest BCUT2D eigenvalue weighted by molar-refractivity contribution is -0.140. The summed E-state index contributed by atoms with van der Waals surface area (Å²) in [5.74, 6) is -1.04. The van der Waals surface area contributed by atoms with Crippen LogP contribution in [-0.2, 0) is 16.1 Å². The SMILES string of the molecule is CCOc1ccc(C2/C(=C(\O)c3nc4c(C)cccn4c3C)C(=O)C(=O)N2Cc2cccnc2)cc1. The molecule has 1 amide bonds. The highest BCUT2D eigenvalue weighted by Crippen LogP contribution is 2.41. The van der Waals surface area contributed by atoms with E-state index in [1.807, 2.05) is 61.7 Å². The minimum absolute atomic E-state index is 0.0113. The zero-order chi connectivity index (χ0) is 25.4. The Morgan fingerprint density at radius 3 is 2.53 bits per heavy atom. The monoisotopic (exact) mass is 482 g/mol. The summed E-state index contributed by atoms with van der Waals surface area (Å²) in [6, 6.07) is 13.9. The van der Waals surface area contributed by atoms with Gasteiger partial charge in [0.2, 0.25) is 0 Å². The van der Waals surface area contributed by atoms with Crippen LogP contribution in [0.15, 0.2) is 72.7 Å². The second-order valence-corrected chi connectivity index (χ2v) is 8.72. The van der Waals surface area contributed by atoms with Gasteiger partial charge in [0.25, 0.3) is 11.7 Å². The Morgan fingerprint density at radius 2 is 1.86 bits per heavy atom. The van der Waals surface area contributed by atoms with E-state index in [2.05, 4.69) is 9.97 Å². The summed E-state index contributed by atoms with van der Waals surface area (Å²) in [6.07, 6.45) is 5.16. The zero-order valence-corrected chi connectivity index (χ0v) is 20.3. The van der Waals surface area contributed by atoms with E-state index in [1.54, 1.807) is 30.6 Å². The number of ketones is 1. The van der Waals surface area contributed by atoms with Crippen LogP contribution in [0.3, 0.4) is 0 Å². The van der Waals surface area contributed by atoms with Gasteiger partial charge in [0, 0.05) is 25.1 Å². The molecule has 5 rings (SSSR count). The molecular formula is C28H26N4O4. The minimum atomic E-state index is -0.800. The molecule has 1 atom stereocenters. The molecule has 0 radical (unpaired) electrons. The standard InChI is InChI=1S/C28H26N4O4/c1-4-36-21-11-9-20(10-12-21)24-22(26(34)28(35)32(24)16-19-8-5-13-29-15-19)25(33)23-18(3)31-14-6-7-17(2)27(31)30-23/h5-15,24,33H,4,16H2,1-3H3/b25-22+. The summed E-state index contributed by atoms with van der Waals surface area (Å²) in [6.45, 7) is 6.34. The molecule has 1 unspecified atom stereocenters. The first kappa shape index (κ1) is 23.3. The van der Waals surface area contributed by atoms with Gasteiger partial charge in [0.1, 0.15) is 17.1 Å². The van der Waals surface area contributed by atoms with Crippen molar-refractivity contribution in [2.24, 2.45) is 0 Å². The van der Waals surface area contributed by atoms with Gasteiger partial charge in [-0.1, -0.05) is 24.3 Å². The van der Waals surface area contributed by atoms with E-state index in [-0.39, 0.29) is 23.6 Å². The number of hydrogen-bond acceptors (Lipinski definition) is 6. The van der Waals surface area contributed by atoms with Crippen molar-refractivity contribution >= 4 is 23.1 Å². The normalized spacial score (nSPS) is 17.2. The quantitative estimate of drug-likeness (QED) is 0.249. The van der Waals surface area contributed by atoms with Crippen molar-refractivity contribution in [2.45, 2.75) is 33.4 Å². The average Bonchev–Trinajstić information content (AvgIpc) is 3.35. The summed E-state index contributed by atoms with van der Waals surface area (Å²) in [4.78, 5) is 36.9. The molecule has 8 nitrogen and oxygen atoms in total. The molecule has 1 N–H and O–H groups in total. The lowest BCUT2D eigenvalue weighted by atomic mass is 9.96. The molecule has 0 saturated carbocycles. The Kier molecular flexibility index (Phi) is 6.01. The Labute approximate surface area is 208 Å². The van der Waals surface area contributed by atoms with Crippen molar-refractivity contribution in [2.75, 3.05) is 6.61 Å². The number of ether oxygens (including phenoxy) is 1. The van der Waals surface area contributed by atoms with Crippen LogP contribution < -0.4 is 4.74 Å². The Morgan fingerprint density at radius 1 is 1.08 bits per heavy atom. The number of aliphatic hydroxyl groups excluding tert-OH is 1. The Balaban J connectivity index is 1.68. The van der Waals surface area contributed by atoms with E-state index in [0.717, 1.165) is 11.1 Å². The van der Waals surface area contributed by atoms with Gasteiger partial charge in [-0.15, -0.1) is 0 Å². The first-order valence-corrected chi connectivity index (χ1v) is 11.8. The predicted octanol–water partition coefficient (Wildman–Crippen LogP) is 4.37. The summed E-state index contributed by atoms with van der Waals surface area (Å²) < 4.78 is 7.43. The minimum Gasteiger partial charge on any atom is -0.505 e. The Bertz CT molecular complexity index is 1490. The largest absolute Gasteiger partial charge is 0.505 e. The van der Waals surface area contributed by atoms with Crippen LogP contribution in [0.2, 0.25) is 0 Å². The maximum absolute atomic E-state index is 13.4. The third-order valence-electron chi connectivity index (χ3n) is 6.43. The third-order valence-corrected chi connectivity index (χ3v) is 6.43. The van der Waals surface area contributed by atoms with Crippen LogP contribution in [0.5, 0.6) is 5.75 Å². The van der Waals surface area contributed by atoms with Crippen LogP contribution in [0.1, 0.15) is 41.0 Å². The van der Waals surface area contributed by atoms with Gasteiger partial charge in [0.15, 0.2) is 5.76 Å². The van der Waals surface area contributed by atoms with Crippen LogP contribution in [0.4, 0.5) is 0 Å². The second-order valence-electron chi connectivity index (χ2n) is 8.72. The number of likely N-dealkylation sites (tertiary alicyclic amines) is 1. The van der Waals surface area contributed by atoms with E-state index >= 15 is 0 Å². The number of fused-ring (bicyclic) bond motifs is 1. The number of aromatic nitrogens is 3. The lowest BCUT2D eigenvalue weighted by Crippen LogP contribution is -2.29. The average molecular weight is 483 g/mol.